The molecule has 2 bridgehead atoms. The smallest absolute Gasteiger partial charge is 0.334 e. The number of carboxylic acid groups (broad SMARTS) is 1. The van der Waals surface area contributed by atoms with Crippen molar-refractivity contribution in [3.63, 3.8) is 0 Å². The van der Waals surface area contributed by atoms with E-state index in [9.17, 15) is 9.90 Å². The van der Waals surface area contributed by atoms with Crippen LogP contribution in [0.25, 0.3) is 0 Å². The molecule has 1 fully saturated rings. The highest BCUT2D eigenvalue weighted by Crippen LogP contribution is 2.62. The van der Waals surface area contributed by atoms with Crippen molar-refractivity contribution in [2.24, 2.45) is 16.2 Å². The molecule has 0 saturated carbocycles. The molecule has 4 unspecified atom stereocenters. The van der Waals surface area contributed by atoms with Crippen molar-refractivity contribution >= 4 is 5.97 Å². The molecular formula is C21H24N4O5. The molecule has 30 heavy (non-hydrogen) atoms. The van der Waals surface area contributed by atoms with Crippen molar-refractivity contribution in [1.29, 1.82) is 0 Å². The number of likely N-dealkylation sites (tertiary alicyclic amines) is 1. The summed E-state index contributed by atoms with van der Waals surface area (Å²) in [6.07, 6.45) is 5.45. The summed E-state index contributed by atoms with van der Waals surface area (Å²) in [4.78, 5) is 13.8. The fraction of sp³-hybridized carbons (Fsp3) is 0.476. The van der Waals surface area contributed by atoms with Gasteiger partial charge in [0.2, 0.25) is 6.04 Å². The van der Waals surface area contributed by atoms with Gasteiger partial charge in [-0.1, -0.05) is 17.4 Å². The fourth-order valence-corrected chi connectivity index (χ4v) is 5.46. The number of carbonyl (C=O) groups is 1. The first-order chi connectivity index (χ1) is 14.5. The van der Waals surface area contributed by atoms with Gasteiger partial charge in [-0.2, -0.15) is 5.11 Å². The summed E-state index contributed by atoms with van der Waals surface area (Å²) in [5.41, 5.74) is 3.45. The van der Waals surface area contributed by atoms with Gasteiger partial charge in [-0.3, -0.25) is 4.90 Å². The summed E-state index contributed by atoms with van der Waals surface area (Å²) >= 11 is 0. The molecule has 2 aliphatic heterocycles. The Bertz CT molecular complexity index is 1000. The van der Waals surface area contributed by atoms with E-state index in [4.69, 9.17) is 20.1 Å². The monoisotopic (exact) mass is 412 g/mol. The number of hydrogen-bond acceptors (Lipinski definition) is 7. The third-order valence-corrected chi connectivity index (χ3v) is 6.82. The number of allylic oxidation sites excluding steroid dienone is 2. The van der Waals surface area contributed by atoms with Crippen LogP contribution in [-0.2, 0) is 21.4 Å². The molecule has 9 heteroatoms. The van der Waals surface area contributed by atoms with Crippen LogP contribution in [0.5, 0.6) is 11.5 Å². The molecular weight excluding hydrogens is 388 g/mol. The third-order valence-electron chi connectivity index (χ3n) is 6.82. The Morgan fingerprint density at radius 2 is 2.30 bits per heavy atom. The quantitative estimate of drug-likeness (QED) is 0.414. The zero-order valence-electron chi connectivity index (χ0n) is 16.9. The second-order valence-electron chi connectivity index (χ2n) is 8.14. The summed E-state index contributed by atoms with van der Waals surface area (Å²) in [5, 5.41) is 16.0. The van der Waals surface area contributed by atoms with Crippen LogP contribution in [0.15, 0.2) is 46.0 Å². The molecule has 1 saturated heterocycles. The van der Waals surface area contributed by atoms with Crippen LogP contribution >= 0.6 is 0 Å². The number of benzene rings is 1. The lowest BCUT2D eigenvalue weighted by Crippen LogP contribution is -2.58. The number of ether oxygens (including phenoxy) is 3. The highest BCUT2D eigenvalue weighted by molar-refractivity contribution is 5.73. The number of nitrogens with zero attached hydrogens (tertiary/aromatic N) is 3. The van der Waals surface area contributed by atoms with E-state index in [-0.39, 0.29) is 18.1 Å². The van der Waals surface area contributed by atoms with Crippen molar-refractivity contribution in [1.82, 2.24) is 4.90 Å². The number of nitrogens with two attached hydrogens (primary N) is 1. The molecule has 5 rings (SSSR count). The molecule has 0 amide bonds. The summed E-state index contributed by atoms with van der Waals surface area (Å²) in [6, 6.07) is 3.21. The lowest BCUT2D eigenvalue weighted by Gasteiger charge is -2.52. The largest absolute Gasteiger partial charge is 0.493 e. The van der Waals surface area contributed by atoms with Gasteiger partial charge in [0.1, 0.15) is 12.4 Å². The predicted octanol–water partition coefficient (Wildman–Crippen LogP) is 1.57. The van der Waals surface area contributed by atoms with Gasteiger partial charge in [0.25, 0.3) is 0 Å². The van der Waals surface area contributed by atoms with Crippen LogP contribution < -0.4 is 15.3 Å². The van der Waals surface area contributed by atoms with Crippen molar-refractivity contribution < 1.29 is 24.1 Å². The molecule has 0 aromatic heterocycles. The molecule has 1 aromatic carbocycles. The zero-order chi connectivity index (χ0) is 21.0. The van der Waals surface area contributed by atoms with Crippen molar-refractivity contribution in [2.45, 2.75) is 36.4 Å². The highest BCUT2D eigenvalue weighted by atomic mass is 16.6. The number of rotatable bonds is 6. The first-order valence-corrected chi connectivity index (χ1v) is 9.96. The molecule has 1 aromatic rings. The summed E-state index contributed by atoms with van der Waals surface area (Å²) in [5.74, 6) is 5.95. The van der Waals surface area contributed by atoms with E-state index >= 15 is 0 Å². The molecule has 2 heterocycles. The van der Waals surface area contributed by atoms with Gasteiger partial charge < -0.3 is 25.2 Å². The second kappa shape index (κ2) is 6.73. The van der Waals surface area contributed by atoms with Crippen molar-refractivity contribution in [2.75, 3.05) is 27.3 Å². The number of piperidine rings is 1. The van der Waals surface area contributed by atoms with Crippen LogP contribution in [0.4, 0.5) is 0 Å². The molecule has 0 radical (unpaired) electrons. The molecule has 158 valence electrons. The van der Waals surface area contributed by atoms with Gasteiger partial charge in [-0.05, 0) is 49.7 Å². The van der Waals surface area contributed by atoms with Gasteiger partial charge in [0.15, 0.2) is 17.6 Å². The molecule has 4 aliphatic rings. The Kier molecular flexibility index (Phi) is 4.25. The summed E-state index contributed by atoms with van der Waals surface area (Å²) in [7, 11) is 3.80. The Morgan fingerprint density at radius 3 is 3.03 bits per heavy atom. The summed E-state index contributed by atoms with van der Waals surface area (Å²) in [6.45, 7) is 0.759. The maximum Gasteiger partial charge on any atom is 0.334 e. The minimum Gasteiger partial charge on any atom is -0.493 e. The van der Waals surface area contributed by atoms with Gasteiger partial charge in [0, 0.05) is 11.6 Å². The Labute approximate surface area is 173 Å². The average molecular weight is 412 g/mol. The molecule has 4 atom stereocenters. The van der Waals surface area contributed by atoms with Crippen LogP contribution in [0.3, 0.4) is 0 Å². The van der Waals surface area contributed by atoms with E-state index in [1.54, 1.807) is 7.11 Å². The fourth-order valence-electron chi connectivity index (χ4n) is 5.46. The first-order valence-electron chi connectivity index (χ1n) is 9.96. The Morgan fingerprint density at radius 1 is 1.47 bits per heavy atom. The van der Waals surface area contributed by atoms with E-state index in [0.717, 1.165) is 25.1 Å². The van der Waals surface area contributed by atoms with Crippen LogP contribution in [0.1, 0.15) is 17.5 Å². The predicted molar refractivity (Wildman–Crippen MR) is 106 cm³/mol. The number of carboxylic acids is 1. The van der Waals surface area contributed by atoms with Crippen LogP contribution in [0.2, 0.25) is 0 Å². The maximum absolute atomic E-state index is 11.4. The lowest BCUT2D eigenvalue weighted by atomic mass is 9.57. The number of methoxy groups -OCH3 is 1. The van der Waals surface area contributed by atoms with Gasteiger partial charge in [0.05, 0.1) is 12.5 Å². The molecule has 3 N–H and O–H groups in total. The minimum absolute atomic E-state index is 0.176. The molecule has 2 aliphatic carbocycles. The molecule has 9 nitrogen and oxygen atoms in total. The Hall–Kier alpha value is -3.07. The number of likely N-dealkylation sites (N-methyl/N-ethyl adjacent to an activating group) is 1. The third kappa shape index (κ3) is 2.41. The van der Waals surface area contributed by atoms with Crippen molar-refractivity contribution in [3.05, 3.63) is 46.7 Å². The van der Waals surface area contributed by atoms with E-state index in [1.807, 2.05) is 12.1 Å². The van der Waals surface area contributed by atoms with Gasteiger partial charge >= 0.3 is 5.97 Å². The Balaban J connectivity index is 1.58. The van der Waals surface area contributed by atoms with Crippen LogP contribution in [-0.4, -0.2) is 61.5 Å². The van der Waals surface area contributed by atoms with E-state index in [0.29, 0.717) is 17.6 Å². The van der Waals surface area contributed by atoms with Gasteiger partial charge in [-0.15, -0.1) is 0 Å². The normalized spacial score (nSPS) is 29.5. The maximum atomic E-state index is 11.4. The lowest BCUT2D eigenvalue weighted by molar-refractivity contribution is -0.139. The highest BCUT2D eigenvalue weighted by Gasteiger charge is 2.62. The topological polar surface area (TPSA) is 119 Å². The average Bonchev–Trinajstić information content (AvgIpc) is 3.09. The first kappa shape index (κ1) is 18.9. The minimum atomic E-state index is -1.18. The second-order valence-corrected chi connectivity index (χ2v) is 8.14. The van der Waals surface area contributed by atoms with Gasteiger partial charge in [-0.25, -0.2) is 4.79 Å². The number of hydrogen-bond donors (Lipinski definition) is 2. The zero-order valence-corrected chi connectivity index (χ0v) is 16.9. The van der Waals surface area contributed by atoms with Crippen LogP contribution in [0, 0.1) is 0 Å². The van der Waals surface area contributed by atoms with E-state index in [1.165, 1.54) is 16.7 Å². The summed E-state index contributed by atoms with van der Waals surface area (Å²) < 4.78 is 18.0. The standard InChI is InChI=1S/C21H24N4O5/c1-25-8-7-21-12-4-6-16(29-10-13(20(26)27)23-24-22)19(21)30-18-15(28-2)5-3-11(17(18)21)9-14(12)25/h3-6,13-14,19H,7-10H2,1-2H3,(H2,22,23)(H,26,27). The van der Waals surface area contributed by atoms with E-state index in [2.05, 4.69) is 34.4 Å². The van der Waals surface area contributed by atoms with E-state index < -0.39 is 12.0 Å². The van der Waals surface area contributed by atoms with Crippen molar-refractivity contribution in [3.8, 4) is 11.5 Å². The number of aliphatic carboxylic acids is 1. The SMILES string of the molecule is COc1ccc2c3c1OC1C(OCC(N=NN)C(=O)O)=CC=C4C(C2)N(C)CCC431. The molecule has 1 spiro atoms.